The summed E-state index contributed by atoms with van der Waals surface area (Å²) in [4.78, 5) is 29.9. The Bertz CT molecular complexity index is 1140. The van der Waals surface area contributed by atoms with E-state index >= 15 is 0 Å². The molecular weight excluding hydrogens is 466 g/mol. The Labute approximate surface area is 209 Å². The van der Waals surface area contributed by atoms with Gasteiger partial charge in [-0.3, -0.25) is 15.1 Å². The van der Waals surface area contributed by atoms with E-state index in [9.17, 15) is 9.59 Å². The first-order chi connectivity index (χ1) is 17.0. The fourth-order valence-electron chi connectivity index (χ4n) is 4.11. The molecule has 1 aliphatic rings. The molecule has 0 saturated carbocycles. The minimum Gasteiger partial charge on any atom is -0.497 e. The SMILES string of the molecule is COc1ccc(N2CCN([C@H](C(=O)NNC(=O)Nc3cccc(Cl)c3)c3ccccc3)CC2)cc1. The van der Waals surface area contributed by atoms with Crippen LogP contribution in [0.2, 0.25) is 5.02 Å². The maximum absolute atomic E-state index is 13.2. The van der Waals surface area contributed by atoms with Crippen molar-refractivity contribution in [2.45, 2.75) is 6.04 Å². The summed E-state index contributed by atoms with van der Waals surface area (Å²) in [6, 6.07) is 23.2. The topological polar surface area (TPSA) is 85.9 Å². The van der Waals surface area contributed by atoms with Crippen molar-refractivity contribution in [1.29, 1.82) is 0 Å². The number of anilines is 2. The van der Waals surface area contributed by atoms with Gasteiger partial charge in [-0.05, 0) is 48.0 Å². The highest BCUT2D eigenvalue weighted by atomic mass is 35.5. The van der Waals surface area contributed by atoms with Crippen LogP contribution in [0.25, 0.3) is 0 Å². The van der Waals surface area contributed by atoms with E-state index in [1.807, 2.05) is 54.6 Å². The van der Waals surface area contributed by atoms with Crippen molar-refractivity contribution in [1.82, 2.24) is 15.8 Å². The third-order valence-corrected chi connectivity index (χ3v) is 6.10. The first-order valence-corrected chi connectivity index (χ1v) is 11.7. The number of amides is 3. The molecule has 0 radical (unpaired) electrons. The number of hydrogen-bond donors (Lipinski definition) is 3. The van der Waals surface area contributed by atoms with E-state index in [1.165, 1.54) is 0 Å². The summed E-state index contributed by atoms with van der Waals surface area (Å²) in [7, 11) is 1.65. The second-order valence-electron chi connectivity index (χ2n) is 8.11. The molecule has 4 rings (SSSR count). The van der Waals surface area contributed by atoms with E-state index in [0.29, 0.717) is 23.8 Å². The van der Waals surface area contributed by atoms with E-state index in [-0.39, 0.29) is 5.91 Å². The number of rotatable bonds is 6. The molecule has 8 nitrogen and oxygen atoms in total. The molecule has 1 heterocycles. The Kier molecular flexibility index (Phi) is 8.07. The monoisotopic (exact) mass is 493 g/mol. The molecule has 35 heavy (non-hydrogen) atoms. The highest BCUT2D eigenvalue weighted by Gasteiger charge is 2.30. The number of carbonyl (C=O) groups is 2. The van der Waals surface area contributed by atoms with Crippen LogP contribution in [0, 0.1) is 0 Å². The summed E-state index contributed by atoms with van der Waals surface area (Å²) in [5, 5.41) is 3.15. The first-order valence-electron chi connectivity index (χ1n) is 11.3. The Morgan fingerprint density at radius 2 is 1.60 bits per heavy atom. The van der Waals surface area contributed by atoms with Gasteiger partial charge in [0.05, 0.1) is 7.11 Å². The van der Waals surface area contributed by atoms with E-state index in [2.05, 4.69) is 26.0 Å². The van der Waals surface area contributed by atoms with Gasteiger partial charge in [-0.2, -0.15) is 0 Å². The molecular formula is C26H28ClN5O3. The number of benzene rings is 3. The van der Waals surface area contributed by atoms with Crippen LogP contribution < -0.4 is 25.8 Å². The van der Waals surface area contributed by atoms with Gasteiger partial charge in [0, 0.05) is 42.6 Å². The van der Waals surface area contributed by atoms with Gasteiger partial charge in [-0.1, -0.05) is 48.0 Å². The Morgan fingerprint density at radius 1 is 0.886 bits per heavy atom. The Hall–Kier alpha value is -3.75. The predicted octanol–water partition coefficient (Wildman–Crippen LogP) is 4.06. The molecule has 3 aromatic rings. The number of ether oxygens (including phenoxy) is 1. The number of methoxy groups -OCH3 is 1. The van der Waals surface area contributed by atoms with Crippen LogP contribution in [0.4, 0.5) is 16.2 Å². The van der Waals surface area contributed by atoms with Crippen LogP contribution in [-0.2, 0) is 4.79 Å². The summed E-state index contributed by atoms with van der Waals surface area (Å²) in [6.07, 6.45) is 0. The Morgan fingerprint density at radius 3 is 2.26 bits per heavy atom. The molecule has 3 amide bonds. The zero-order valence-corrected chi connectivity index (χ0v) is 20.2. The number of carbonyl (C=O) groups excluding carboxylic acids is 2. The average molecular weight is 494 g/mol. The van der Waals surface area contributed by atoms with Gasteiger partial charge < -0.3 is 15.0 Å². The van der Waals surface area contributed by atoms with Gasteiger partial charge in [-0.25, -0.2) is 10.2 Å². The van der Waals surface area contributed by atoms with Gasteiger partial charge in [0.25, 0.3) is 5.91 Å². The lowest BCUT2D eigenvalue weighted by Crippen LogP contribution is -2.53. The number of hydrogen-bond acceptors (Lipinski definition) is 5. The lowest BCUT2D eigenvalue weighted by Gasteiger charge is -2.39. The molecule has 9 heteroatoms. The van der Waals surface area contributed by atoms with Crippen LogP contribution in [0.3, 0.4) is 0 Å². The fourth-order valence-corrected chi connectivity index (χ4v) is 4.30. The lowest BCUT2D eigenvalue weighted by molar-refractivity contribution is -0.127. The fraction of sp³-hybridized carbons (Fsp3) is 0.231. The van der Waals surface area contributed by atoms with Gasteiger partial charge in [0.1, 0.15) is 11.8 Å². The zero-order chi connectivity index (χ0) is 24.6. The van der Waals surface area contributed by atoms with E-state index in [1.54, 1.807) is 31.4 Å². The first kappa shape index (κ1) is 24.4. The van der Waals surface area contributed by atoms with Crippen LogP contribution >= 0.6 is 11.6 Å². The summed E-state index contributed by atoms with van der Waals surface area (Å²) < 4.78 is 5.25. The van der Waals surface area contributed by atoms with Crippen LogP contribution in [-0.4, -0.2) is 50.1 Å². The van der Waals surface area contributed by atoms with Crippen molar-refractivity contribution in [3.8, 4) is 5.75 Å². The number of piperazine rings is 1. The molecule has 0 unspecified atom stereocenters. The maximum Gasteiger partial charge on any atom is 0.337 e. The van der Waals surface area contributed by atoms with E-state index < -0.39 is 12.1 Å². The molecule has 3 aromatic carbocycles. The molecule has 0 aromatic heterocycles. The highest BCUT2D eigenvalue weighted by Crippen LogP contribution is 2.25. The number of urea groups is 1. The molecule has 3 N–H and O–H groups in total. The molecule has 0 aliphatic carbocycles. The molecule has 1 atom stereocenters. The van der Waals surface area contributed by atoms with Gasteiger partial charge >= 0.3 is 6.03 Å². The molecule has 1 aliphatic heterocycles. The van der Waals surface area contributed by atoms with Crippen molar-refractivity contribution in [3.05, 3.63) is 89.4 Å². The van der Waals surface area contributed by atoms with Crippen LogP contribution in [0.15, 0.2) is 78.9 Å². The summed E-state index contributed by atoms with van der Waals surface area (Å²) in [5.74, 6) is 0.510. The van der Waals surface area contributed by atoms with E-state index in [0.717, 1.165) is 30.1 Å². The van der Waals surface area contributed by atoms with Gasteiger partial charge in [-0.15, -0.1) is 0 Å². The number of halogens is 1. The van der Waals surface area contributed by atoms with E-state index in [4.69, 9.17) is 16.3 Å². The normalized spacial score (nSPS) is 14.6. The standard InChI is InChI=1S/C26H28ClN5O3/c1-35-23-12-10-22(11-13-23)31-14-16-32(17-15-31)24(19-6-3-2-4-7-19)25(33)29-30-26(34)28-21-9-5-8-20(27)18-21/h2-13,18,24H,14-17H2,1H3,(H,29,33)(H2,28,30,34)/t24-/m0/s1. The van der Waals surface area contributed by atoms with Crippen molar-refractivity contribution in [2.24, 2.45) is 0 Å². The van der Waals surface area contributed by atoms with Crippen molar-refractivity contribution >= 4 is 34.9 Å². The largest absolute Gasteiger partial charge is 0.497 e. The quantitative estimate of drug-likeness (QED) is 0.451. The number of nitrogens with one attached hydrogen (secondary N) is 3. The van der Waals surface area contributed by atoms with Gasteiger partial charge in [0.15, 0.2) is 0 Å². The predicted molar refractivity (Wildman–Crippen MR) is 138 cm³/mol. The second kappa shape index (κ2) is 11.6. The third-order valence-electron chi connectivity index (χ3n) is 5.86. The molecule has 0 spiro atoms. The minimum atomic E-state index is -0.559. The lowest BCUT2D eigenvalue weighted by atomic mass is 10.0. The zero-order valence-electron chi connectivity index (χ0n) is 19.4. The molecule has 1 fully saturated rings. The number of nitrogens with zero attached hydrogens (tertiary/aromatic N) is 2. The van der Waals surface area contributed by atoms with Crippen molar-refractivity contribution < 1.29 is 14.3 Å². The summed E-state index contributed by atoms with van der Waals surface area (Å²) in [5.41, 5.74) is 7.51. The van der Waals surface area contributed by atoms with Crippen LogP contribution in [0.5, 0.6) is 5.75 Å². The second-order valence-corrected chi connectivity index (χ2v) is 8.55. The van der Waals surface area contributed by atoms with Crippen molar-refractivity contribution in [2.75, 3.05) is 43.5 Å². The van der Waals surface area contributed by atoms with Crippen molar-refractivity contribution in [3.63, 3.8) is 0 Å². The summed E-state index contributed by atoms with van der Waals surface area (Å²) >= 11 is 5.96. The van der Waals surface area contributed by atoms with Gasteiger partial charge in [0.2, 0.25) is 0 Å². The maximum atomic E-state index is 13.2. The molecule has 182 valence electrons. The highest BCUT2D eigenvalue weighted by molar-refractivity contribution is 6.30. The average Bonchev–Trinajstić information content (AvgIpc) is 2.89. The third kappa shape index (κ3) is 6.44. The molecule has 0 bridgehead atoms. The number of hydrazine groups is 1. The molecule has 1 saturated heterocycles. The smallest absolute Gasteiger partial charge is 0.337 e. The Balaban J connectivity index is 1.39. The summed E-state index contributed by atoms with van der Waals surface area (Å²) in [6.45, 7) is 2.92. The minimum absolute atomic E-state index is 0.310. The van der Waals surface area contributed by atoms with Crippen LogP contribution in [0.1, 0.15) is 11.6 Å².